The molecule has 0 aliphatic heterocycles. The van der Waals surface area contributed by atoms with Gasteiger partial charge in [-0.2, -0.15) is 0 Å². The lowest BCUT2D eigenvalue weighted by atomic mass is 10.5. The first-order valence-corrected chi connectivity index (χ1v) is 3.73. The average molecular weight is 255 g/mol. The minimum absolute atomic E-state index is 0.318. The molecule has 1 aromatic heterocycles. The standard InChI is InChI=1S/C5H3FINS/c6-3-1-2-8-5(7)4(3)9/h1-2,9H. The molecular weight excluding hydrogens is 252 g/mol. The van der Waals surface area contributed by atoms with Crippen molar-refractivity contribution in [3.8, 4) is 0 Å². The summed E-state index contributed by atoms with van der Waals surface area (Å²) in [5.41, 5.74) is 0. The number of rotatable bonds is 0. The fourth-order valence-corrected chi connectivity index (χ4v) is 0.957. The van der Waals surface area contributed by atoms with E-state index < -0.39 is 0 Å². The van der Waals surface area contributed by atoms with Gasteiger partial charge >= 0.3 is 0 Å². The minimum atomic E-state index is -0.322. The normalized spacial score (nSPS) is 9.67. The molecule has 9 heavy (non-hydrogen) atoms. The summed E-state index contributed by atoms with van der Waals surface area (Å²) in [6, 6.07) is 1.28. The molecule has 0 spiro atoms. The third-order valence-corrected chi connectivity index (χ3v) is 2.50. The van der Waals surface area contributed by atoms with E-state index in [-0.39, 0.29) is 5.82 Å². The van der Waals surface area contributed by atoms with Crippen LogP contribution in [0.4, 0.5) is 4.39 Å². The van der Waals surface area contributed by atoms with Crippen LogP contribution in [0.1, 0.15) is 0 Å². The Balaban J connectivity index is 3.25. The summed E-state index contributed by atoms with van der Waals surface area (Å²) in [7, 11) is 0. The molecule has 0 radical (unpaired) electrons. The van der Waals surface area contributed by atoms with Crippen molar-refractivity contribution < 1.29 is 4.39 Å². The quantitative estimate of drug-likeness (QED) is 0.425. The van der Waals surface area contributed by atoms with Crippen LogP contribution in [-0.4, -0.2) is 4.98 Å². The lowest BCUT2D eigenvalue weighted by molar-refractivity contribution is 0.596. The van der Waals surface area contributed by atoms with Crippen molar-refractivity contribution in [1.82, 2.24) is 4.98 Å². The van der Waals surface area contributed by atoms with Crippen LogP contribution in [0.3, 0.4) is 0 Å². The van der Waals surface area contributed by atoms with Gasteiger partial charge in [-0.1, -0.05) is 0 Å². The highest BCUT2D eigenvalue weighted by Gasteiger charge is 2.00. The van der Waals surface area contributed by atoms with E-state index in [0.717, 1.165) is 0 Å². The van der Waals surface area contributed by atoms with Crippen LogP contribution in [0, 0.1) is 9.52 Å². The molecule has 1 rings (SSSR count). The molecule has 0 atom stereocenters. The van der Waals surface area contributed by atoms with Crippen molar-refractivity contribution in [1.29, 1.82) is 0 Å². The maximum Gasteiger partial charge on any atom is 0.140 e. The third kappa shape index (κ3) is 1.54. The fourth-order valence-electron chi connectivity index (χ4n) is 0.407. The van der Waals surface area contributed by atoms with Crippen molar-refractivity contribution in [3.05, 3.63) is 21.8 Å². The maximum absolute atomic E-state index is 12.5. The summed E-state index contributed by atoms with van der Waals surface area (Å²) in [6.07, 6.45) is 1.41. The largest absolute Gasteiger partial charge is 0.249 e. The van der Waals surface area contributed by atoms with Gasteiger partial charge in [0, 0.05) is 6.20 Å². The second-order valence-corrected chi connectivity index (χ2v) is 2.90. The van der Waals surface area contributed by atoms with E-state index in [0.29, 0.717) is 8.60 Å². The lowest BCUT2D eigenvalue weighted by Crippen LogP contribution is -1.85. The first-order valence-electron chi connectivity index (χ1n) is 2.21. The maximum atomic E-state index is 12.5. The molecule has 1 nitrogen and oxygen atoms in total. The molecule has 1 heterocycles. The van der Waals surface area contributed by atoms with Crippen LogP contribution in [0.25, 0.3) is 0 Å². The molecule has 0 unspecified atom stereocenters. The number of nitrogens with zero attached hydrogens (tertiary/aromatic N) is 1. The van der Waals surface area contributed by atoms with Crippen molar-refractivity contribution >= 4 is 35.2 Å². The summed E-state index contributed by atoms with van der Waals surface area (Å²) in [5, 5.41) is 0. The Bertz CT molecular complexity index is 208. The second kappa shape index (κ2) is 2.83. The Morgan fingerprint density at radius 3 is 2.78 bits per heavy atom. The number of pyridine rings is 1. The summed E-state index contributed by atoms with van der Waals surface area (Å²) >= 11 is 5.79. The number of hydrogen-bond acceptors (Lipinski definition) is 2. The van der Waals surface area contributed by atoms with E-state index >= 15 is 0 Å². The summed E-state index contributed by atoms with van der Waals surface area (Å²) < 4.78 is 13.1. The van der Waals surface area contributed by atoms with Gasteiger partial charge in [-0.25, -0.2) is 9.37 Å². The zero-order valence-electron chi connectivity index (χ0n) is 4.31. The van der Waals surface area contributed by atoms with Gasteiger partial charge in [-0.15, -0.1) is 12.6 Å². The Morgan fingerprint density at radius 1 is 1.67 bits per heavy atom. The van der Waals surface area contributed by atoms with Crippen LogP contribution >= 0.6 is 35.2 Å². The average Bonchev–Trinajstić information content (AvgIpc) is 1.83. The molecule has 0 saturated heterocycles. The van der Waals surface area contributed by atoms with Gasteiger partial charge in [-0.05, 0) is 28.7 Å². The number of halogens is 2. The van der Waals surface area contributed by atoms with E-state index in [9.17, 15) is 4.39 Å². The van der Waals surface area contributed by atoms with Crippen LogP contribution < -0.4 is 0 Å². The fraction of sp³-hybridized carbons (Fsp3) is 0. The zero-order valence-corrected chi connectivity index (χ0v) is 7.36. The van der Waals surface area contributed by atoms with Crippen molar-refractivity contribution in [3.63, 3.8) is 0 Å². The predicted octanol–water partition coefficient (Wildman–Crippen LogP) is 2.11. The van der Waals surface area contributed by atoms with Gasteiger partial charge in [0.25, 0.3) is 0 Å². The summed E-state index contributed by atoms with van der Waals surface area (Å²) in [5.74, 6) is -0.322. The Labute approximate surface area is 71.2 Å². The highest BCUT2D eigenvalue weighted by molar-refractivity contribution is 14.1. The number of thiol groups is 1. The molecule has 0 aliphatic carbocycles. The first-order chi connectivity index (χ1) is 4.22. The molecular formula is C5H3FINS. The monoisotopic (exact) mass is 255 g/mol. The molecule has 0 saturated carbocycles. The smallest absolute Gasteiger partial charge is 0.140 e. The highest BCUT2D eigenvalue weighted by Crippen LogP contribution is 2.16. The highest BCUT2D eigenvalue weighted by atomic mass is 127. The molecule has 0 amide bonds. The van der Waals surface area contributed by atoms with Crippen LogP contribution in [-0.2, 0) is 0 Å². The SMILES string of the molecule is Fc1ccnc(I)c1S. The van der Waals surface area contributed by atoms with Gasteiger partial charge in [-0.3, -0.25) is 0 Å². The van der Waals surface area contributed by atoms with E-state index in [1.165, 1.54) is 12.3 Å². The molecule has 48 valence electrons. The van der Waals surface area contributed by atoms with Crippen LogP contribution in [0.15, 0.2) is 17.2 Å². The van der Waals surface area contributed by atoms with Crippen LogP contribution in [0.5, 0.6) is 0 Å². The topological polar surface area (TPSA) is 12.9 Å². The Kier molecular flexibility index (Phi) is 2.29. The van der Waals surface area contributed by atoms with E-state index in [4.69, 9.17) is 0 Å². The predicted molar refractivity (Wildman–Crippen MR) is 44.2 cm³/mol. The van der Waals surface area contributed by atoms with Gasteiger partial charge in [0.15, 0.2) is 0 Å². The first kappa shape index (κ1) is 7.27. The molecule has 0 bridgehead atoms. The Hall–Kier alpha value is 0.160. The molecule has 0 fully saturated rings. The van der Waals surface area contributed by atoms with Crippen molar-refractivity contribution in [2.24, 2.45) is 0 Å². The van der Waals surface area contributed by atoms with Gasteiger partial charge < -0.3 is 0 Å². The summed E-state index contributed by atoms with van der Waals surface area (Å²) in [4.78, 5) is 4.13. The van der Waals surface area contributed by atoms with Crippen molar-refractivity contribution in [2.75, 3.05) is 0 Å². The number of hydrogen-bond donors (Lipinski definition) is 1. The van der Waals surface area contributed by atoms with Gasteiger partial charge in [0.05, 0.1) is 4.90 Å². The minimum Gasteiger partial charge on any atom is -0.249 e. The summed E-state index contributed by atoms with van der Waals surface area (Å²) in [6.45, 7) is 0. The number of aromatic nitrogens is 1. The zero-order chi connectivity index (χ0) is 6.85. The molecule has 1 aromatic rings. The molecule has 0 aromatic carbocycles. The van der Waals surface area contributed by atoms with E-state index in [2.05, 4.69) is 17.6 Å². The van der Waals surface area contributed by atoms with Gasteiger partial charge in [0.2, 0.25) is 0 Å². The van der Waals surface area contributed by atoms with E-state index in [1.54, 1.807) is 0 Å². The van der Waals surface area contributed by atoms with E-state index in [1.807, 2.05) is 22.6 Å². The molecule has 0 aliphatic rings. The second-order valence-electron chi connectivity index (χ2n) is 1.43. The lowest BCUT2D eigenvalue weighted by Gasteiger charge is -1.93. The molecule has 0 N–H and O–H groups in total. The Morgan fingerprint density at radius 2 is 2.33 bits per heavy atom. The molecule has 4 heteroatoms. The third-order valence-electron chi connectivity index (χ3n) is 0.830. The van der Waals surface area contributed by atoms with Crippen molar-refractivity contribution in [2.45, 2.75) is 4.90 Å². The van der Waals surface area contributed by atoms with Crippen LogP contribution in [0.2, 0.25) is 0 Å². The van der Waals surface area contributed by atoms with Gasteiger partial charge in [0.1, 0.15) is 9.52 Å².